The normalized spacial score (nSPS) is 16.3. The van der Waals surface area contributed by atoms with Crippen LogP contribution in [0.15, 0.2) is 0 Å². The summed E-state index contributed by atoms with van der Waals surface area (Å²) in [6.45, 7) is 4.23. The minimum atomic E-state index is -0.0242. The monoisotopic (exact) mass is 256 g/mol. The van der Waals surface area contributed by atoms with Crippen LogP contribution in [0.4, 0.5) is 0 Å². The minimum Gasteiger partial charge on any atom is -0.381 e. The second-order valence-corrected chi connectivity index (χ2v) is 4.77. The van der Waals surface area contributed by atoms with Gasteiger partial charge in [-0.25, -0.2) is 0 Å². The van der Waals surface area contributed by atoms with Gasteiger partial charge in [0.15, 0.2) is 0 Å². The second kappa shape index (κ2) is 8.08. The van der Waals surface area contributed by atoms with E-state index in [2.05, 4.69) is 12.2 Å². The Morgan fingerprint density at radius 3 is 2.61 bits per heavy atom. The number of nitrogens with zero attached hydrogens (tertiary/aromatic N) is 1. The van der Waals surface area contributed by atoms with Gasteiger partial charge in [0, 0.05) is 32.7 Å². The van der Waals surface area contributed by atoms with Crippen LogP contribution in [0.25, 0.3) is 0 Å². The summed E-state index contributed by atoms with van der Waals surface area (Å²) < 4.78 is 5.20. The van der Waals surface area contributed by atoms with Gasteiger partial charge in [-0.3, -0.25) is 9.59 Å². The number of nitrogens with one attached hydrogen (secondary N) is 1. The van der Waals surface area contributed by atoms with E-state index in [0.717, 1.165) is 32.2 Å². The Balaban J connectivity index is 2.22. The van der Waals surface area contributed by atoms with Gasteiger partial charge in [0.2, 0.25) is 11.8 Å². The lowest BCUT2D eigenvalue weighted by Gasteiger charge is -2.22. The van der Waals surface area contributed by atoms with Crippen LogP contribution in [0.5, 0.6) is 0 Å². The Morgan fingerprint density at radius 2 is 2.00 bits per heavy atom. The number of carbonyl (C=O) groups is 2. The maximum Gasteiger partial charge on any atom is 0.241 e. The average Bonchev–Trinajstić information content (AvgIpc) is 2.42. The lowest BCUT2D eigenvalue weighted by molar-refractivity contribution is -0.134. The lowest BCUT2D eigenvalue weighted by atomic mass is 9.99. The first-order valence-corrected chi connectivity index (χ1v) is 6.74. The first kappa shape index (κ1) is 15.0. The smallest absolute Gasteiger partial charge is 0.241 e. The molecule has 0 unspecified atom stereocenters. The molecule has 0 radical (unpaired) electrons. The van der Waals surface area contributed by atoms with E-state index in [4.69, 9.17) is 4.74 Å². The summed E-state index contributed by atoms with van der Waals surface area (Å²) in [5, 5.41) is 2.72. The standard InChI is InChI=1S/C13H24N2O3/c1-3-4-7-15(2)12(16)10-14-13(17)11-5-8-18-9-6-11/h11H,3-10H2,1-2H3,(H,14,17). The number of unbranched alkanes of at least 4 members (excludes halogenated alkanes) is 1. The van der Waals surface area contributed by atoms with Crippen LogP contribution in [0, 0.1) is 5.92 Å². The highest BCUT2D eigenvalue weighted by Gasteiger charge is 2.22. The van der Waals surface area contributed by atoms with E-state index in [9.17, 15) is 9.59 Å². The summed E-state index contributed by atoms with van der Waals surface area (Å²) in [6.07, 6.45) is 3.57. The molecule has 104 valence electrons. The first-order chi connectivity index (χ1) is 8.65. The Bertz CT molecular complexity index is 275. The van der Waals surface area contributed by atoms with Crippen LogP contribution in [-0.4, -0.2) is 50.1 Å². The zero-order valence-corrected chi connectivity index (χ0v) is 11.4. The van der Waals surface area contributed by atoms with E-state index >= 15 is 0 Å². The molecule has 0 atom stereocenters. The van der Waals surface area contributed by atoms with E-state index in [1.54, 1.807) is 11.9 Å². The van der Waals surface area contributed by atoms with Crippen molar-refractivity contribution in [3.05, 3.63) is 0 Å². The van der Waals surface area contributed by atoms with Crippen molar-refractivity contribution < 1.29 is 14.3 Å². The molecule has 1 heterocycles. The molecule has 1 saturated heterocycles. The van der Waals surface area contributed by atoms with E-state index < -0.39 is 0 Å². The van der Waals surface area contributed by atoms with Crippen LogP contribution >= 0.6 is 0 Å². The highest BCUT2D eigenvalue weighted by molar-refractivity contribution is 5.85. The minimum absolute atomic E-state index is 0.00694. The van der Waals surface area contributed by atoms with Crippen molar-refractivity contribution in [1.82, 2.24) is 10.2 Å². The first-order valence-electron chi connectivity index (χ1n) is 6.74. The quantitative estimate of drug-likeness (QED) is 0.764. The van der Waals surface area contributed by atoms with E-state index in [0.29, 0.717) is 13.2 Å². The summed E-state index contributed by atoms with van der Waals surface area (Å²) in [5.41, 5.74) is 0. The SMILES string of the molecule is CCCCN(C)C(=O)CNC(=O)C1CCOCC1. The summed E-state index contributed by atoms with van der Waals surface area (Å²) in [4.78, 5) is 25.2. The van der Waals surface area contributed by atoms with Gasteiger partial charge in [0.25, 0.3) is 0 Å². The molecule has 0 spiro atoms. The van der Waals surface area contributed by atoms with Gasteiger partial charge in [0.1, 0.15) is 0 Å². The Morgan fingerprint density at radius 1 is 1.33 bits per heavy atom. The second-order valence-electron chi connectivity index (χ2n) is 4.77. The molecule has 1 rings (SSSR count). The highest BCUT2D eigenvalue weighted by atomic mass is 16.5. The molecule has 5 heteroatoms. The highest BCUT2D eigenvalue weighted by Crippen LogP contribution is 2.14. The largest absolute Gasteiger partial charge is 0.381 e. The molecule has 1 aliphatic rings. The van der Waals surface area contributed by atoms with Gasteiger partial charge in [-0.1, -0.05) is 13.3 Å². The van der Waals surface area contributed by atoms with Gasteiger partial charge in [-0.05, 0) is 19.3 Å². The molecule has 0 aromatic heterocycles. The fraction of sp³-hybridized carbons (Fsp3) is 0.846. The Hall–Kier alpha value is -1.10. The van der Waals surface area contributed by atoms with Crippen molar-refractivity contribution in [3.8, 4) is 0 Å². The van der Waals surface area contributed by atoms with Gasteiger partial charge < -0.3 is 15.0 Å². The van der Waals surface area contributed by atoms with Crippen LogP contribution in [0.1, 0.15) is 32.6 Å². The Kier molecular flexibility index (Phi) is 6.72. The number of amides is 2. The fourth-order valence-corrected chi connectivity index (χ4v) is 1.92. The molecule has 0 aromatic rings. The molecule has 2 amide bonds. The molecule has 1 aliphatic heterocycles. The van der Waals surface area contributed by atoms with Gasteiger partial charge >= 0.3 is 0 Å². The number of carbonyl (C=O) groups excluding carboxylic acids is 2. The molecule has 1 N–H and O–H groups in total. The third-order valence-corrected chi connectivity index (χ3v) is 3.28. The maximum absolute atomic E-state index is 11.8. The van der Waals surface area contributed by atoms with Crippen molar-refractivity contribution in [3.63, 3.8) is 0 Å². The molecule has 0 bridgehead atoms. The molecule has 0 aliphatic carbocycles. The number of hydrogen-bond acceptors (Lipinski definition) is 3. The van der Waals surface area contributed by atoms with Crippen molar-refractivity contribution in [2.45, 2.75) is 32.6 Å². The van der Waals surface area contributed by atoms with Gasteiger partial charge in [-0.2, -0.15) is 0 Å². The molecule has 5 nitrogen and oxygen atoms in total. The van der Waals surface area contributed by atoms with Crippen molar-refractivity contribution in [1.29, 1.82) is 0 Å². The summed E-state index contributed by atoms with van der Waals surface area (Å²) in [6, 6.07) is 0. The van der Waals surface area contributed by atoms with Crippen molar-refractivity contribution in [2.75, 3.05) is 33.4 Å². The average molecular weight is 256 g/mol. The number of rotatable bonds is 6. The predicted molar refractivity (Wildman–Crippen MR) is 69.1 cm³/mol. The fourth-order valence-electron chi connectivity index (χ4n) is 1.92. The molecule has 0 saturated carbocycles. The van der Waals surface area contributed by atoms with Crippen LogP contribution in [0.2, 0.25) is 0 Å². The number of likely N-dealkylation sites (N-methyl/N-ethyl adjacent to an activating group) is 1. The van der Waals surface area contributed by atoms with Crippen molar-refractivity contribution in [2.24, 2.45) is 5.92 Å². The number of ether oxygens (including phenoxy) is 1. The Labute approximate surface area is 109 Å². The summed E-state index contributed by atoms with van der Waals surface area (Å²) in [7, 11) is 1.78. The lowest BCUT2D eigenvalue weighted by Crippen LogP contribution is -2.41. The molecule has 0 aromatic carbocycles. The summed E-state index contributed by atoms with van der Waals surface area (Å²) in [5.74, 6) is -0.0353. The molecule has 1 fully saturated rings. The third kappa shape index (κ3) is 5.04. The third-order valence-electron chi connectivity index (χ3n) is 3.28. The topological polar surface area (TPSA) is 58.6 Å². The molecule has 18 heavy (non-hydrogen) atoms. The molecular formula is C13H24N2O3. The van der Waals surface area contributed by atoms with E-state index in [-0.39, 0.29) is 24.3 Å². The van der Waals surface area contributed by atoms with Gasteiger partial charge in [0.05, 0.1) is 6.54 Å². The zero-order chi connectivity index (χ0) is 13.4. The summed E-state index contributed by atoms with van der Waals surface area (Å²) >= 11 is 0. The molecular weight excluding hydrogens is 232 g/mol. The van der Waals surface area contributed by atoms with Crippen LogP contribution in [-0.2, 0) is 14.3 Å². The van der Waals surface area contributed by atoms with Crippen LogP contribution < -0.4 is 5.32 Å². The van der Waals surface area contributed by atoms with Crippen LogP contribution in [0.3, 0.4) is 0 Å². The predicted octanol–water partition coefficient (Wildman–Crippen LogP) is 0.788. The van der Waals surface area contributed by atoms with E-state index in [1.165, 1.54) is 0 Å². The van der Waals surface area contributed by atoms with Gasteiger partial charge in [-0.15, -0.1) is 0 Å². The zero-order valence-electron chi connectivity index (χ0n) is 11.4. The van der Waals surface area contributed by atoms with Crippen molar-refractivity contribution >= 4 is 11.8 Å². The van der Waals surface area contributed by atoms with E-state index in [1.807, 2.05) is 0 Å². The maximum atomic E-state index is 11.8. The number of hydrogen-bond donors (Lipinski definition) is 1.